The lowest BCUT2D eigenvalue weighted by Crippen LogP contribution is -2.51. The van der Waals surface area contributed by atoms with E-state index in [4.69, 9.17) is 16.3 Å². The van der Waals surface area contributed by atoms with Crippen LogP contribution in [0.5, 0.6) is 5.75 Å². The molecule has 1 fully saturated rings. The first-order valence-electron chi connectivity index (χ1n) is 7.47. The van der Waals surface area contributed by atoms with Crippen molar-refractivity contribution in [2.24, 2.45) is 0 Å². The fraction of sp³-hybridized carbons (Fsp3) is 0.500. The second-order valence-corrected chi connectivity index (χ2v) is 6.14. The number of piperazine rings is 1. The molecule has 2 rings (SSSR count). The van der Waals surface area contributed by atoms with Crippen molar-refractivity contribution in [2.75, 3.05) is 53.9 Å². The second kappa shape index (κ2) is 7.66. The number of halogens is 1. The molecule has 1 aromatic rings. The topological polar surface area (TPSA) is 53.1 Å². The molecule has 6 nitrogen and oxygen atoms in total. The molecule has 1 saturated heterocycles. The van der Waals surface area contributed by atoms with Crippen molar-refractivity contribution in [3.63, 3.8) is 0 Å². The van der Waals surface area contributed by atoms with Gasteiger partial charge in [-0.15, -0.1) is 0 Å². The summed E-state index contributed by atoms with van der Waals surface area (Å²) in [6.07, 6.45) is 0. The summed E-state index contributed by atoms with van der Waals surface area (Å²) in [6, 6.07) is 5.01. The summed E-state index contributed by atoms with van der Waals surface area (Å²) < 4.78 is 5.25. The van der Waals surface area contributed by atoms with Crippen LogP contribution in [0.15, 0.2) is 18.2 Å². The van der Waals surface area contributed by atoms with Crippen LogP contribution in [-0.4, -0.2) is 80.4 Å². The number of ether oxygens (including phenoxy) is 1. The smallest absolute Gasteiger partial charge is 0.257 e. The number of methoxy groups -OCH3 is 1. The molecule has 2 amide bonds. The highest BCUT2D eigenvalue weighted by molar-refractivity contribution is 6.30. The summed E-state index contributed by atoms with van der Waals surface area (Å²) in [5.41, 5.74) is 0.509. The molecule has 7 heteroatoms. The molecule has 0 N–H and O–H groups in total. The first-order chi connectivity index (χ1) is 10.9. The summed E-state index contributed by atoms with van der Waals surface area (Å²) in [5, 5.41) is 0.533. The Morgan fingerprint density at radius 1 is 1.22 bits per heavy atom. The number of carbonyl (C=O) groups excluding carboxylic acids is 2. The Hall–Kier alpha value is -1.79. The average Bonchev–Trinajstić information content (AvgIpc) is 2.54. The van der Waals surface area contributed by atoms with Crippen LogP contribution in [-0.2, 0) is 4.79 Å². The zero-order chi connectivity index (χ0) is 17.0. The van der Waals surface area contributed by atoms with Gasteiger partial charge in [-0.25, -0.2) is 0 Å². The summed E-state index contributed by atoms with van der Waals surface area (Å²) in [5.74, 6) is 0.481. The number of rotatable bonds is 4. The minimum atomic E-state index is -0.0721. The van der Waals surface area contributed by atoms with Gasteiger partial charge in [-0.1, -0.05) is 11.6 Å². The van der Waals surface area contributed by atoms with Crippen molar-refractivity contribution in [3.8, 4) is 5.75 Å². The summed E-state index contributed by atoms with van der Waals surface area (Å²) >= 11 is 5.93. The van der Waals surface area contributed by atoms with Crippen LogP contribution in [0.2, 0.25) is 5.02 Å². The fourth-order valence-corrected chi connectivity index (χ4v) is 2.62. The van der Waals surface area contributed by atoms with Crippen molar-refractivity contribution < 1.29 is 14.3 Å². The van der Waals surface area contributed by atoms with Gasteiger partial charge in [0.2, 0.25) is 5.91 Å². The van der Waals surface area contributed by atoms with Gasteiger partial charge in [-0.2, -0.15) is 0 Å². The van der Waals surface area contributed by atoms with Crippen LogP contribution < -0.4 is 4.74 Å². The SMILES string of the molecule is COc1cc(Cl)ccc1C(=O)N1CCN(CC(=O)N(C)C)CC1. The molecule has 0 aliphatic carbocycles. The van der Waals surface area contributed by atoms with E-state index in [0.717, 1.165) is 0 Å². The quantitative estimate of drug-likeness (QED) is 0.827. The number of nitrogens with zero attached hydrogens (tertiary/aromatic N) is 3. The number of hydrogen-bond donors (Lipinski definition) is 0. The number of amides is 2. The third kappa shape index (κ3) is 4.36. The van der Waals surface area contributed by atoms with Gasteiger partial charge in [-0.3, -0.25) is 14.5 Å². The average molecular weight is 340 g/mol. The molecule has 0 aromatic heterocycles. The van der Waals surface area contributed by atoms with Crippen molar-refractivity contribution in [1.29, 1.82) is 0 Å². The van der Waals surface area contributed by atoms with E-state index in [1.165, 1.54) is 7.11 Å². The first kappa shape index (κ1) is 17.6. The number of likely N-dealkylation sites (N-methyl/N-ethyl adjacent to an activating group) is 1. The molecule has 0 bridgehead atoms. The predicted molar refractivity (Wildman–Crippen MR) is 89.0 cm³/mol. The van der Waals surface area contributed by atoms with Gasteiger partial charge in [-0.05, 0) is 18.2 Å². The van der Waals surface area contributed by atoms with Crippen molar-refractivity contribution in [3.05, 3.63) is 28.8 Å². The highest BCUT2D eigenvalue weighted by Gasteiger charge is 2.25. The van der Waals surface area contributed by atoms with E-state index >= 15 is 0 Å². The number of hydrogen-bond acceptors (Lipinski definition) is 4. The van der Waals surface area contributed by atoms with E-state index < -0.39 is 0 Å². The lowest BCUT2D eigenvalue weighted by Gasteiger charge is -2.35. The first-order valence-corrected chi connectivity index (χ1v) is 7.85. The molecule has 23 heavy (non-hydrogen) atoms. The van der Waals surface area contributed by atoms with Crippen LogP contribution in [0.1, 0.15) is 10.4 Å². The van der Waals surface area contributed by atoms with Crippen LogP contribution in [0.4, 0.5) is 0 Å². The molecular formula is C16H22ClN3O3. The molecule has 126 valence electrons. The molecule has 0 atom stereocenters. The molecule has 0 saturated carbocycles. The van der Waals surface area contributed by atoms with Gasteiger partial charge in [0.1, 0.15) is 5.75 Å². The predicted octanol–water partition coefficient (Wildman–Crippen LogP) is 1.19. The van der Waals surface area contributed by atoms with E-state index in [2.05, 4.69) is 4.90 Å². The minimum Gasteiger partial charge on any atom is -0.496 e. The summed E-state index contributed by atoms with van der Waals surface area (Å²) in [7, 11) is 5.01. The number of carbonyl (C=O) groups is 2. The van der Waals surface area contributed by atoms with E-state index in [0.29, 0.717) is 49.1 Å². The van der Waals surface area contributed by atoms with Crippen LogP contribution in [0, 0.1) is 0 Å². The number of benzene rings is 1. The minimum absolute atomic E-state index is 0.0721. The highest BCUT2D eigenvalue weighted by Crippen LogP contribution is 2.24. The summed E-state index contributed by atoms with van der Waals surface area (Å²) in [4.78, 5) is 29.8. The molecule has 1 aromatic carbocycles. The molecule has 0 spiro atoms. The Morgan fingerprint density at radius 2 is 1.87 bits per heavy atom. The van der Waals surface area contributed by atoms with Crippen LogP contribution in [0.3, 0.4) is 0 Å². The molecular weight excluding hydrogens is 318 g/mol. The molecule has 1 aliphatic heterocycles. The lowest BCUT2D eigenvalue weighted by atomic mass is 10.1. The van der Waals surface area contributed by atoms with E-state index in [1.807, 2.05) is 0 Å². The lowest BCUT2D eigenvalue weighted by molar-refractivity contribution is -0.130. The van der Waals surface area contributed by atoms with Gasteiger partial charge in [0.15, 0.2) is 0 Å². The normalized spacial score (nSPS) is 15.4. The van der Waals surface area contributed by atoms with Crippen LogP contribution in [0.25, 0.3) is 0 Å². The van der Waals surface area contributed by atoms with E-state index in [-0.39, 0.29) is 11.8 Å². The van der Waals surface area contributed by atoms with Gasteiger partial charge < -0.3 is 14.5 Å². The van der Waals surface area contributed by atoms with Crippen molar-refractivity contribution in [2.45, 2.75) is 0 Å². The van der Waals surface area contributed by atoms with Crippen molar-refractivity contribution in [1.82, 2.24) is 14.7 Å². The van der Waals surface area contributed by atoms with Gasteiger partial charge in [0.25, 0.3) is 5.91 Å². The fourth-order valence-electron chi connectivity index (χ4n) is 2.45. The zero-order valence-electron chi connectivity index (χ0n) is 13.7. The van der Waals surface area contributed by atoms with E-state index in [9.17, 15) is 9.59 Å². The third-order valence-electron chi connectivity index (χ3n) is 3.91. The Morgan fingerprint density at radius 3 is 2.43 bits per heavy atom. The van der Waals surface area contributed by atoms with Crippen molar-refractivity contribution >= 4 is 23.4 Å². The Balaban J connectivity index is 1.97. The van der Waals surface area contributed by atoms with Gasteiger partial charge in [0, 0.05) is 45.3 Å². The standard InChI is InChI=1S/C16H22ClN3O3/c1-18(2)15(21)11-19-6-8-20(9-7-19)16(22)13-5-4-12(17)10-14(13)23-3/h4-5,10H,6-9,11H2,1-3H3. The summed E-state index contributed by atoms with van der Waals surface area (Å²) in [6.45, 7) is 2.93. The second-order valence-electron chi connectivity index (χ2n) is 5.70. The van der Waals surface area contributed by atoms with Gasteiger partial charge >= 0.3 is 0 Å². The molecule has 1 heterocycles. The Kier molecular flexibility index (Phi) is 5.85. The monoisotopic (exact) mass is 339 g/mol. The Labute approximate surface area is 141 Å². The maximum atomic E-state index is 12.6. The molecule has 1 aliphatic rings. The maximum Gasteiger partial charge on any atom is 0.257 e. The highest BCUT2D eigenvalue weighted by atomic mass is 35.5. The van der Waals surface area contributed by atoms with E-state index in [1.54, 1.807) is 42.1 Å². The van der Waals surface area contributed by atoms with Gasteiger partial charge in [0.05, 0.1) is 19.2 Å². The van der Waals surface area contributed by atoms with Crippen LogP contribution >= 0.6 is 11.6 Å². The maximum absolute atomic E-state index is 12.6. The third-order valence-corrected chi connectivity index (χ3v) is 4.15. The zero-order valence-corrected chi connectivity index (χ0v) is 14.5. The Bertz CT molecular complexity index is 584. The largest absolute Gasteiger partial charge is 0.496 e. The molecule has 0 unspecified atom stereocenters. The molecule has 0 radical (unpaired) electrons.